The number of rotatable bonds is 5. The minimum Gasteiger partial charge on any atom is -0.341 e. The number of aryl methyl sites for hydroxylation is 1. The van der Waals surface area contributed by atoms with Crippen molar-refractivity contribution in [1.29, 1.82) is 0 Å². The summed E-state index contributed by atoms with van der Waals surface area (Å²) in [5, 5.41) is 5.51. The van der Waals surface area contributed by atoms with Crippen molar-refractivity contribution in [2.75, 3.05) is 16.8 Å². The second-order valence-electron chi connectivity index (χ2n) is 6.84. The molecule has 146 valence electrons. The molecule has 0 spiro atoms. The Morgan fingerprint density at radius 2 is 1.86 bits per heavy atom. The van der Waals surface area contributed by atoms with E-state index in [1.165, 1.54) is 0 Å². The van der Waals surface area contributed by atoms with Crippen LogP contribution in [0, 0.1) is 6.92 Å². The lowest BCUT2D eigenvalue weighted by molar-refractivity contribution is -0.118. The molecule has 2 aromatic rings. The summed E-state index contributed by atoms with van der Waals surface area (Å²) in [5.74, 6) is -0.492. The van der Waals surface area contributed by atoms with Crippen LogP contribution in [0.15, 0.2) is 46.9 Å². The zero-order valence-corrected chi connectivity index (χ0v) is 17.4. The fourth-order valence-corrected chi connectivity index (χ4v) is 3.40. The Hall–Kier alpha value is -2.67. The van der Waals surface area contributed by atoms with E-state index in [1.54, 1.807) is 42.2 Å². The molecular weight excluding hydrogens is 422 g/mol. The average Bonchev–Trinajstić information content (AvgIpc) is 3.08. The van der Waals surface area contributed by atoms with Gasteiger partial charge in [-0.15, -0.1) is 0 Å². The van der Waals surface area contributed by atoms with Gasteiger partial charge in [0, 0.05) is 34.4 Å². The van der Waals surface area contributed by atoms with E-state index < -0.39 is 6.04 Å². The lowest BCUT2D eigenvalue weighted by Gasteiger charge is -2.20. The standard InChI is InChI=1S/C21H22BrN3O3/c1-13-12-17(9-10-18(13)25-11-3-4-19(25)26)24-20(27)14(2)23-21(28)15-5-7-16(22)8-6-15/h5-10,12,14H,3-4,11H2,1-2H3,(H,23,28)(H,24,27). The Bertz CT molecular complexity index is 912. The molecule has 0 aliphatic carbocycles. The number of carbonyl (C=O) groups is 3. The minimum absolute atomic E-state index is 0.129. The van der Waals surface area contributed by atoms with Crippen LogP contribution in [0.5, 0.6) is 0 Å². The SMILES string of the molecule is Cc1cc(NC(=O)C(C)NC(=O)c2ccc(Br)cc2)ccc1N1CCCC1=O. The summed E-state index contributed by atoms with van der Waals surface area (Å²) in [7, 11) is 0. The molecule has 1 aliphatic rings. The minimum atomic E-state index is -0.698. The van der Waals surface area contributed by atoms with Crippen molar-refractivity contribution in [3.8, 4) is 0 Å². The molecule has 1 heterocycles. The third kappa shape index (κ3) is 4.59. The Morgan fingerprint density at radius 3 is 2.46 bits per heavy atom. The Kier molecular flexibility index (Phi) is 6.14. The summed E-state index contributed by atoms with van der Waals surface area (Å²) in [6, 6.07) is 11.7. The summed E-state index contributed by atoms with van der Waals surface area (Å²) >= 11 is 3.32. The Labute approximate surface area is 172 Å². The van der Waals surface area contributed by atoms with Crippen molar-refractivity contribution in [2.24, 2.45) is 0 Å². The molecule has 1 fully saturated rings. The molecule has 1 aliphatic heterocycles. The lowest BCUT2D eigenvalue weighted by Crippen LogP contribution is -2.41. The number of anilines is 2. The fourth-order valence-electron chi connectivity index (χ4n) is 3.14. The highest BCUT2D eigenvalue weighted by molar-refractivity contribution is 9.10. The molecule has 0 aromatic heterocycles. The van der Waals surface area contributed by atoms with Gasteiger partial charge >= 0.3 is 0 Å². The summed E-state index contributed by atoms with van der Waals surface area (Å²) in [6.07, 6.45) is 1.44. The average molecular weight is 444 g/mol. The lowest BCUT2D eigenvalue weighted by atomic mass is 10.1. The molecule has 1 unspecified atom stereocenters. The molecule has 28 heavy (non-hydrogen) atoms. The zero-order chi connectivity index (χ0) is 20.3. The van der Waals surface area contributed by atoms with Gasteiger partial charge < -0.3 is 15.5 Å². The number of nitrogens with one attached hydrogen (secondary N) is 2. The van der Waals surface area contributed by atoms with Crippen LogP contribution in [-0.4, -0.2) is 30.3 Å². The first-order valence-electron chi connectivity index (χ1n) is 9.13. The second-order valence-corrected chi connectivity index (χ2v) is 7.76. The normalized spacial score (nSPS) is 14.7. The van der Waals surface area contributed by atoms with Gasteiger partial charge in [-0.25, -0.2) is 0 Å². The molecule has 7 heteroatoms. The van der Waals surface area contributed by atoms with E-state index in [2.05, 4.69) is 26.6 Å². The van der Waals surface area contributed by atoms with E-state index in [-0.39, 0.29) is 17.7 Å². The molecule has 3 amide bonds. The number of halogens is 1. The van der Waals surface area contributed by atoms with Gasteiger partial charge in [0.1, 0.15) is 6.04 Å². The predicted octanol–water partition coefficient (Wildman–Crippen LogP) is 3.64. The quantitative estimate of drug-likeness (QED) is 0.739. The third-order valence-corrected chi connectivity index (χ3v) is 5.20. The number of benzene rings is 2. The summed E-state index contributed by atoms with van der Waals surface area (Å²) < 4.78 is 0.879. The number of carbonyl (C=O) groups excluding carboxylic acids is 3. The van der Waals surface area contributed by atoms with Crippen LogP contribution in [0.25, 0.3) is 0 Å². The van der Waals surface area contributed by atoms with Gasteiger partial charge in [0.25, 0.3) is 5.91 Å². The molecule has 0 saturated carbocycles. The van der Waals surface area contributed by atoms with E-state index in [0.29, 0.717) is 17.7 Å². The number of hydrogen-bond acceptors (Lipinski definition) is 3. The largest absolute Gasteiger partial charge is 0.341 e. The zero-order valence-electron chi connectivity index (χ0n) is 15.8. The molecular formula is C21H22BrN3O3. The second kappa shape index (κ2) is 8.56. The molecule has 2 N–H and O–H groups in total. The van der Waals surface area contributed by atoms with E-state index in [9.17, 15) is 14.4 Å². The molecule has 0 bridgehead atoms. The van der Waals surface area contributed by atoms with E-state index in [4.69, 9.17) is 0 Å². The molecule has 1 atom stereocenters. The maximum atomic E-state index is 12.4. The first kappa shape index (κ1) is 20.1. The van der Waals surface area contributed by atoms with E-state index >= 15 is 0 Å². The van der Waals surface area contributed by atoms with Crippen LogP contribution in [0.2, 0.25) is 0 Å². The van der Waals surface area contributed by atoms with Crippen LogP contribution >= 0.6 is 15.9 Å². The van der Waals surface area contributed by atoms with Crippen LogP contribution < -0.4 is 15.5 Å². The monoisotopic (exact) mass is 443 g/mol. The van der Waals surface area contributed by atoms with Gasteiger partial charge in [0.15, 0.2) is 0 Å². The smallest absolute Gasteiger partial charge is 0.251 e. The van der Waals surface area contributed by atoms with Crippen molar-refractivity contribution in [1.82, 2.24) is 5.32 Å². The van der Waals surface area contributed by atoms with Gasteiger partial charge in [0.2, 0.25) is 11.8 Å². The van der Waals surface area contributed by atoms with Crippen LogP contribution in [-0.2, 0) is 9.59 Å². The Morgan fingerprint density at radius 1 is 1.14 bits per heavy atom. The van der Waals surface area contributed by atoms with Crippen LogP contribution in [0.4, 0.5) is 11.4 Å². The van der Waals surface area contributed by atoms with Crippen LogP contribution in [0.3, 0.4) is 0 Å². The number of nitrogens with zero attached hydrogens (tertiary/aromatic N) is 1. The highest BCUT2D eigenvalue weighted by Crippen LogP contribution is 2.27. The van der Waals surface area contributed by atoms with Gasteiger partial charge in [-0.1, -0.05) is 15.9 Å². The highest BCUT2D eigenvalue weighted by atomic mass is 79.9. The van der Waals surface area contributed by atoms with Gasteiger partial charge in [-0.05, 0) is 68.3 Å². The molecule has 1 saturated heterocycles. The maximum absolute atomic E-state index is 12.4. The predicted molar refractivity (Wildman–Crippen MR) is 112 cm³/mol. The molecule has 0 radical (unpaired) electrons. The summed E-state index contributed by atoms with van der Waals surface area (Å²) in [6.45, 7) is 4.27. The molecule has 3 rings (SSSR count). The fraction of sp³-hybridized carbons (Fsp3) is 0.286. The number of amides is 3. The third-order valence-electron chi connectivity index (χ3n) is 4.68. The van der Waals surface area contributed by atoms with E-state index in [0.717, 1.165) is 28.7 Å². The van der Waals surface area contributed by atoms with Crippen LogP contribution in [0.1, 0.15) is 35.7 Å². The van der Waals surface area contributed by atoms with Gasteiger partial charge in [-0.2, -0.15) is 0 Å². The van der Waals surface area contributed by atoms with Crippen molar-refractivity contribution < 1.29 is 14.4 Å². The summed E-state index contributed by atoms with van der Waals surface area (Å²) in [5.41, 5.74) is 2.90. The Balaban J connectivity index is 1.62. The first-order valence-corrected chi connectivity index (χ1v) is 9.93. The van der Waals surface area contributed by atoms with Gasteiger partial charge in [-0.3, -0.25) is 14.4 Å². The summed E-state index contributed by atoms with van der Waals surface area (Å²) in [4.78, 5) is 38.4. The van der Waals surface area contributed by atoms with Crippen molar-refractivity contribution in [3.63, 3.8) is 0 Å². The maximum Gasteiger partial charge on any atom is 0.251 e. The highest BCUT2D eigenvalue weighted by Gasteiger charge is 2.23. The van der Waals surface area contributed by atoms with Crippen molar-refractivity contribution in [2.45, 2.75) is 32.7 Å². The molecule has 2 aromatic carbocycles. The first-order chi connectivity index (χ1) is 13.3. The van der Waals surface area contributed by atoms with Crippen molar-refractivity contribution in [3.05, 3.63) is 58.1 Å². The molecule has 6 nitrogen and oxygen atoms in total. The number of hydrogen-bond donors (Lipinski definition) is 2. The van der Waals surface area contributed by atoms with E-state index in [1.807, 2.05) is 19.1 Å². The van der Waals surface area contributed by atoms with Crippen molar-refractivity contribution >= 4 is 45.0 Å². The topological polar surface area (TPSA) is 78.5 Å². The van der Waals surface area contributed by atoms with Gasteiger partial charge in [0.05, 0.1) is 0 Å².